The van der Waals surface area contributed by atoms with Gasteiger partial charge in [-0.25, -0.2) is 9.97 Å². The maximum atomic E-state index is 5.79. The predicted molar refractivity (Wildman–Crippen MR) is 75.9 cm³/mol. The number of nitrogens with zero attached hydrogens (tertiary/aromatic N) is 2. The zero-order valence-corrected chi connectivity index (χ0v) is 11.6. The van der Waals surface area contributed by atoms with Crippen LogP contribution >= 0.6 is 0 Å². The van der Waals surface area contributed by atoms with E-state index in [2.05, 4.69) is 22.2 Å². The second kappa shape index (κ2) is 5.73. The normalized spacial score (nSPS) is 12.4. The van der Waals surface area contributed by atoms with Crippen LogP contribution in [0, 0.1) is 6.92 Å². The molecule has 102 valence electrons. The smallest absolute Gasteiger partial charge is 0.133 e. The summed E-state index contributed by atoms with van der Waals surface area (Å²) < 4.78 is 5.59. The van der Waals surface area contributed by atoms with Crippen LogP contribution in [0.3, 0.4) is 0 Å². The summed E-state index contributed by atoms with van der Waals surface area (Å²) in [6.07, 6.45) is 1.82. The Morgan fingerprint density at radius 1 is 1.37 bits per heavy atom. The number of nitrogens with two attached hydrogens (primary N) is 1. The van der Waals surface area contributed by atoms with Crippen molar-refractivity contribution in [2.45, 2.75) is 39.7 Å². The number of aromatic nitrogens is 2. The van der Waals surface area contributed by atoms with Crippen LogP contribution in [0.25, 0.3) is 0 Å². The van der Waals surface area contributed by atoms with Crippen molar-refractivity contribution < 1.29 is 4.42 Å². The summed E-state index contributed by atoms with van der Waals surface area (Å²) in [6.45, 7) is 6.04. The molecule has 0 radical (unpaired) electrons. The SMILES string of the molecule is CCCc1nc(N)cc(NC(C)c2ccc(C)o2)n1. The van der Waals surface area contributed by atoms with E-state index in [9.17, 15) is 0 Å². The van der Waals surface area contributed by atoms with Crippen molar-refractivity contribution in [3.8, 4) is 0 Å². The molecule has 5 heteroatoms. The molecule has 0 aromatic carbocycles. The molecule has 2 aromatic heterocycles. The standard InChI is InChI=1S/C14H20N4O/c1-4-5-13-17-12(15)8-14(18-13)16-10(3)11-7-6-9(2)19-11/h6-8,10H,4-5H2,1-3H3,(H3,15,16,17,18). The van der Waals surface area contributed by atoms with Gasteiger partial charge in [0, 0.05) is 12.5 Å². The molecule has 2 rings (SSSR count). The molecule has 2 heterocycles. The first-order valence-electron chi connectivity index (χ1n) is 6.54. The van der Waals surface area contributed by atoms with Gasteiger partial charge in [-0.15, -0.1) is 0 Å². The first-order valence-corrected chi connectivity index (χ1v) is 6.54. The maximum Gasteiger partial charge on any atom is 0.133 e. The summed E-state index contributed by atoms with van der Waals surface area (Å²) in [5.74, 6) is 3.78. The molecule has 0 aliphatic heterocycles. The van der Waals surface area contributed by atoms with E-state index < -0.39 is 0 Å². The third kappa shape index (κ3) is 3.47. The minimum Gasteiger partial charge on any atom is -0.464 e. The van der Waals surface area contributed by atoms with Crippen molar-refractivity contribution in [1.29, 1.82) is 0 Å². The molecule has 19 heavy (non-hydrogen) atoms. The van der Waals surface area contributed by atoms with Crippen LogP contribution < -0.4 is 11.1 Å². The average Bonchev–Trinajstić information content (AvgIpc) is 2.75. The maximum absolute atomic E-state index is 5.79. The minimum atomic E-state index is 0.0393. The minimum absolute atomic E-state index is 0.0393. The van der Waals surface area contributed by atoms with E-state index in [1.54, 1.807) is 6.07 Å². The highest BCUT2D eigenvalue weighted by atomic mass is 16.3. The summed E-state index contributed by atoms with van der Waals surface area (Å²) in [5.41, 5.74) is 5.79. The molecule has 0 aliphatic carbocycles. The average molecular weight is 260 g/mol. The van der Waals surface area contributed by atoms with Gasteiger partial charge in [0.15, 0.2) is 0 Å². The molecule has 0 amide bonds. The number of aryl methyl sites for hydroxylation is 2. The van der Waals surface area contributed by atoms with Crippen molar-refractivity contribution in [2.75, 3.05) is 11.1 Å². The summed E-state index contributed by atoms with van der Waals surface area (Å²) in [6, 6.07) is 5.69. The number of anilines is 2. The lowest BCUT2D eigenvalue weighted by Crippen LogP contribution is -2.10. The zero-order chi connectivity index (χ0) is 13.8. The molecule has 0 saturated carbocycles. The molecular formula is C14H20N4O. The van der Waals surface area contributed by atoms with E-state index in [0.29, 0.717) is 5.82 Å². The van der Waals surface area contributed by atoms with Gasteiger partial charge in [0.05, 0.1) is 6.04 Å². The second-order valence-electron chi connectivity index (χ2n) is 4.66. The molecular weight excluding hydrogens is 240 g/mol. The summed E-state index contributed by atoms with van der Waals surface area (Å²) in [5, 5.41) is 3.29. The molecule has 1 unspecified atom stereocenters. The number of rotatable bonds is 5. The van der Waals surface area contributed by atoms with Crippen molar-refractivity contribution in [1.82, 2.24) is 9.97 Å². The van der Waals surface area contributed by atoms with Gasteiger partial charge < -0.3 is 15.5 Å². The highest BCUT2D eigenvalue weighted by molar-refractivity contribution is 5.45. The molecule has 0 aliphatic rings. The molecule has 0 fully saturated rings. The second-order valence-corrected chi connectivity index (χ2v) is 4.66. The molecule has 0 spiro atoms. The Labute approximate surface area is 113 Å². The Hall–Kier alpha value is -2.04. The fourth-order valence-corrected chi connectivity index (χ4v) is 1.91. The van der Waals surface area contributed by atoms with E-state index in [1.165, 1.54) is 0 Å². The van der Waals surface area contributed by atoms with Crippen LogP contribution in [0.5, 0.6) is 0 Å². The number of furan rings is 1. The summed E-state index contributed by atoms with van der Waals surface area (Å²) >= 11 is 0. The van der Waals surface area contributed by atoms with E-state index in [0.717, 1.165) is 36.0 Å². The van der Waals surface area contributed by atoms with Crippen molar-refractivity contribution in [2.24, 2.45) is 0 Å². The van der Waals surface area contributed by atoms with Crippen LogP contribution in [0.4, 0.5) is 11.6 Å². The number of hydrogen-bond donors (Lipinski definition) is 2. The number of nitrogen functional groups attached to an aromatic ring is 1. The largest absolute Gasteiger partial charge is 0.464 e. The van der Waals surface area contributed by atoms with Gasteiger partial charge in [0.1, 0.15) is 29.0 Å². The van der Waals surface area contributed by atoms with Crippen molar-refractivity contribution >= 4 is 11.6 Å². The molecule has 0 saturated heterocycles. The highest BCUT2D eigenvalue weighted by Gasteiger charge is 2.11. The van der Waals surface area contributed by atoms with Gasteiger partial charge in [0.2, 0.25) is 0 Å². The van der Waals surface area contributed by atoms with Gasteiger partial charge in [-0.05, 0) is 32.4 Å². The van der Waals surface area contributed by atoms with Crippen LogP contribution in [-0.2, 0) is 6.42 Å². The first kappa shape index (κ1) is 13.4. The van der Waals surface area contributed by atoms with Gasteiger partial charge in [-0.2, -0.15) is 0 Å². The third-order valence-electron chi connectivity index (χ3n) is 2.82. The van der Waals surface area contributed by atoms with Crippen LogP contribution in [0.15, 0.2) is 22.6 Å². The lowest BCUT2D eigenvalue weighted by molar-refractivity contribution is 0.466. The Balaban J connectivity index is 2.14. The Morgan fingerprint density at radius 2 is 2.16 bits per heavy atom. The third-order valence-corrected chi connectivity index (χ3v) is 2.82. The van der Waals surface area contributed by atoms with Crippen molar-refractivity contribution in [3.05, 3.63) is 35.5 Å². The van der Waals surface area contributed by atoms with E-state index in [4.69, 9.17) is 10.2 Å². The zero-order valence-electron chi connectivity index (χ0n) is 11.6. The molecule has 1 atom stereocenters. The van der Waals surface area contributed by atoms with E-state index >= 15 is 0 Å². The van der Waals surface area contributed by atoms with E-state index in [-0.39, 0.29) is 6.04 Å². The molecule has 3 N–H and O–H groups in total. The Bertz CT molecular complexity index is 550. The lowest BCUT2D eigenvalue weighted by Gasteiger charge is -2.13. The Morgan fingerprint density at radius 3 is 2.79 bits per heavy atom. The van der Waals surface area contributed by atoms with Crippen LogP contribution in [-0.4, -0.2) is 9.97 Å². The van der Waals surface area contributed by atoms with Gasteiger partial charge >= 0.3 is 0 Å². The van der Waals surface area contributed by atoms with Gasteiger partial charge in [-0.3, -0.25) is 0 Å². The molecule has 0 bridgehead atoms. The number of nitrogens with one attached hydrogen (secondary N) is 1. The Kier molecular flexibility index (Phi) is 4.04. The topological polar surface area (TPSA) is 77.0 Å². The predicted octanol–water partition coefficient (Wildman–Crippen LogP) is 3.09. The van der Waals surface area contributed by atoms with Gasteiger partial charge in [0.25, 0.3) is 0 Å². The fraction of sp³-hybridized carbons (Fsp3) is 0.429. The highest BCUT2D eigenvalue weighted by Crippen LogP contribution is 2.21. The molecule has 5 nitrogen and oxygen atoms in total. The van der Waals surface area contributed by atoms with Crippen LogP contribution in [0.2, 0.25) is 0 Å². The summed E-state index contributed by atoms with van der Waals surface area (Å²) in [7, 11) is 0. The number of hydrogen-bond acceptors (Lipinski definition) is 5. The molecule has 2 aromatic rings. The first-order chi connectivity index (χ1) is 9.08. The van der Waals surface area contributed by atoms with Crippen molar-refractivity contribution in [3.63, 3.8) is 0 Å². The van der Waals surface area contributed by atoms with E-state index in [1.807, 2.05) is 26.0 Å². The van der Waals surface area contributed by atoms with Crippen LogP contribution in [0.1, 0.15) is 43.7 Å². The fourth-order valence-electron chi connectivity index (χ4n) is 1.91. The quantitative estimate of drug-likeness (QED) is 0.863. The summed E-state index contributed by atoms with van der Waals surface area (Å²) in [4.78, 5) is 8.66. The monoisotopic (exact) mass is 260 g/mol. The lowest BCUT2D eigenvalue weighted by atomic mass is 10.2. The van der Waals surface area contributed by atoms with Gasteiger partial charge in [-0.1, -0.05) is 6.92 Å².